The lowest BCUT2D eigenvalue weighted by molar-refractivity contribution is 0.636. The smallest absolute Gasteiger partial charge is 0.127 e. The molecule has 0 unspecified atom stereocenters. The highest BCUT2D eigenvalue weighted by atomic mass is 32.1. The van der Waals surface area contributed by atoms with E-state index in [4.69, 9.17) is 6.42 Å². The van der Waals surface area contributed by atoms with Crippen molar-refractivity contribution in [1.82, 2.24) is 10.3 Å². The fraction of sp³-hybridized carbons (Fsp3) is 0.545. The molecule has 1 fully saturated rings. The minimum absolute atomic E-state index is 0.804. The molecule has 0 radical (unpaired) electrons. The van der Waals surface area contributed by atoms with E-state index in [0.717, 1.165) is 34.6 Å². The largest absolute Gasteiger partial charge is 0.310 e. The molecule has 14 heavy (non-hydrogen) atoms. The number of nitrogens with one attached hydrogen (secondary N) is 1. The highest BCUT2D eigenvalue weighted by Crippen LogP contribution is 2.27. The molecule has 0 spiro atoms. The Morgan fingerprint density at radius 2 is 2.43 bits per heavy atom. The summed E-state index contributed by atoms with van der Waals surface area (Å²) in [5.74, 6) is 3.52. The fourth-order valence-corrected chi connectivity index (χ4v) is 2.23. The number of aromatic nitrogens is 1. The molecule has 2 rings (SSSR count). The third-order valence-electron chi connectivity index (χ3n) is 2.38. The first-order chi connectivity index (χ1) is 6.79. The number of thiazole rings is 1. The summed E-state index contributed by atoms with van der Waals surface area (Å²) < 4.78 is 0. The molecule has 0 aliphatic heterocycles. The van der Waals surface area contributed by atoms with E-state index >= 15 is 0 Å². The molecule has 1 aliphatic carbocycles. The molecular formula is C11H14N2S. The SMILES string of the molecule is C#Cc1nc(CNCC2CC2)sc1C. The van der Waals surface area contributed by atoms with Gasteiger partial charge in [-0.1, -0.05) is 0 Å². The van der Waals surface area contributed by atoms with Crippen molar-refractivity contribution in [3.8, 4) is 12.3 Å². The van der Waals surface area contributed by atoms with Crippen LogP contribution < -0.4 is 5.32 Å². The average molecular weight is 206 g/mol. The highest BCUT2D eigenvalue weighted by molar-refractivity contribution is 7.11. The molecule has 74 valence electrons. The maximum Gasteiger partial charge on any atom is 0.127 e. The maximum absolute atomic E-state index is 5.32. The Hall–Kier alpha value is -0.850. The molecule has 1 saturated carbocycles. The molecular weight excluding hydrogens is 192 g/mol. The van der Waals surface area contributed by atoms with Crippen molar-refractivity contribution in [3.63, 3.8) is 0 Å². The summed E-state index contributed by atoms with van der Waals surface area (Å²) in [5, 5.41) is 4.52. The second-order valence-corrected chi connectivity index (χ2v) is 5.02. The zero-order valence-corrected chi connectivity index (χ0v) is 9.16. The molecule has 1 aromatic heterocycles. The molecule has 1 aromatic rings. The van der Waals surface area contributed by atoms with E-state index in [9.17, 15) is 0 Å². The third kappa shape index (κ3) is 2.34. The second kappa shape index (κ2) is 4.12. The van der Waals surface area contributed by atoms with E-state index in [1.165, 1.54) is 12.8 Å². The Kier molecular flexibility index (Phi) is 2.85. The molecule has 2 nitrogen and oxygen atoms in total. The van der Waals surface area contributed by atoms with Gasteiger partial charge < -0.3 is 5.32 Å². The number of nitrogens with zero attached hydrogens (tertiary/aromatic N) is 1. The number of hydrogen-bond donors (Lipinski definition) is 1. The molecule has 0 aromatic carbocycles. The first kappa shape index (κ1) is 9.70. The van der Waals surface area contributed by atoms with Gasteiger partial charge in [0, 0.05) is 11.4 Å². The minimum atomic E-state index is 0.804. The second-order valence-electron chi connectivity index (χ2n) is 3.73. The molecule has 1 heterocycles. The molecule has 1 N–H and O–H groups in total. The van der Waals surface area contributed by atoms with Crippen LogP contribution in [0.1, 0.15) is 28.4 Å². The molecule has 0 bridgehead atoms. The van der Waals surface area contributed by atoms with Crippen molar-refractivity contribution in [1.29, 1.82) is 0 Å². The van der Waals surface area contributed by atoms with Crippen LogP contribution in [0.4, 0.5) is 0 Å². The summed E-state index contributed by atoms with van der Waals surface area (Å²) in [5.41, 5.74) is 0.804. The van der Waals surface area contributed by atoms with Gasteiger partial charge in [0.05, 0.1) is 0 Å². The van der Waals surface area contributed by atoms with E-state index in [2.05, 4.69) is 16.2 Å². The standard InChI is InChI=1S/C11H14N2S/c1-3-10-8(2)14-11(13-10)7-12-6-9-4-5-9/h1,9,12H,4-7H2,2H3. The van der Waals surface area contributed by atoms with Gasteiger partial charge in [-0.15, -0.1) is 17.8 Å². The topological polar surface area (TPSA) is 24.9 Å². The van der Waals surface area contributed by atoms with Crippen LogP contribution in [0.5, 0.6) is 0 Å². The normalized spacial score (nSPS) is 15.4. The van der Waals surface area contributed by atoms with Crippen LogP contribution in [0.15, 0.2) is 0 Å². The van der Waals surface area contributed by atoms with E-state index in [1.54, 1.807) is 11.3 Å². The van der Waals surface area contributed by atoms with Crippen molar-refractivity contribution in [3.05, 3.63) is 15.6 Å². The minimum Gasteiger partial charge on any atom is -0.310 e. The Morgan fingerprint density at radius 1 is 1.64 bits per heavy atom. The van der Waals surface area contributed by atoms with Crippen LogP contribution in [0, 0.1) is 25.2 Å². The highest BCUT2D eigenvalue weighted by Gasteiger charge is 2.20. The Morgan fingerprint density at radius 3 is 3.00 bits per heavy atom. The molecule has 1 aliphatic rings. The van der Waals surface area contributed by atoms with Gasteiger partial charge in [-0.05, 0) is 38.1 Å². The van der Waals surface area contributed by atoms with Crippen LogP contribution in [0.25, 0.3) is 0 Å². The third-order valence-corrected chi connectivity index (χ3v) is 3.35. The number of rotatable bonds is 4. The Balaban J connectivity index is 1.85. The average Bonchev–Trinajstić information content (AvgIpc) is 2.91. The summed E-state index contributed by atoms with van der Waals surface area (Å²) in [7, 11) is 0. The molecule has 3 heteroatoms. The van der Waals surface area contributed by atoms with Crippen LogP contribution in [0.3, 0.4) is 0 Å². The summed E-state index contributed by atoms with van der Waals surface area (Å²) in [4.78, 5) is 5.51. The van der Waals surface area contributed by atoms with Gasteiger partial charge in [0.15, 0.2) is 0 Å². The summed E-state index contributed by atoms with van der Waals surface area (Å²) in [6.45, 7) is 4.02. The van der Waals surface area contributed by atoms with Crippen LogP contribution in [-0.2, 0) is 6.54 Å². The van der Waals surface area contributed by atoms with E-state index in [0.29, 0.717) is 0 Å². The molecule has 0 saturated heterocycles. The lowest BCUT2D eigenvalue weighted by Gasteiger charge is -1.98. The monoisotopic (exact) mass is 206 g/mol. The first-order valence-electron chi connectivity index (χ1n) is 4.93. The predicted molar refractivity (Wildman–Crippen MR) is 59.2 cm³/mol. The van der Waals surface area contributed by atoms with Gasteiger partial charge in [0.25, 0.3) is 0 Å². The van der Waals surface area contributed by atoms with Crippen molar-refractivity contribution >= 4 is 11.3 Å². The van der Waals surface area contributed by atoms with Gasteiger partial charge in [-0.25, -0.2) is 4.98 Å². The lowest BCUT2D eigenvalue weighted by atomic mass is 10.4. The quantitative estimate of drug-likeness (QED) is 0.761. The van der Waals surface area contributed by atoms with Crippen molar-refractivity contribution in [2.75, 3.05) is 6.54 Å². The van der Waals surface area contributed by atoms with E-state index < -0.39 is 0 Å². The summed E-state index contributed by atoms with van der Waals surface area (Å²) >= 11 is 1.69. The first-order valence-corrected chi connectivity index (χ1v) is 5.75. The summed E-state index contributed by atoms with van der Waals surface area (Å²) in [6, 6.07) is 0. The van der Waals surface area contributed by atoms with Crippen LogP contribution in [-0.4, -0.2) is 11.5 Å². The number of aryl methyl sites for hydroxylation is 1. The zero-order valence-electron chi connectivity index (χ0n) is 8.34. The zero-order chi connectivity index (χ0) is 9.97. The van der Waals surface area contributed by atoms with Crippen LogP contribution >= 0.6 is 11.3 Å². The van der Waals surface area contributed by atoms with Crippen molar-refractivity contribution in [2.24, 2.45) is 5.92 Å². The fourth-order valence-electron chi connectivity index (χ4n) is 1.37. The van der Waals surface area contributed by atoms with Crippen LogP contribution in [0.2, 0.25) is 0 Å². The van der Waals surface area contributed by atoms with Gasteiger partial charge in [0.2, 0.25) is 0 Å². The van der Waals surface area contributed by atoms with Crippen molar-refractivity contribution in [2.45, 2.75) is 26.3 Å². The number of terminal acetylenes is 1. The van der Waals surface area contributed by atoms with Gasteiger partial charge in [-0.3, -0.25) is 0 Å². The van der Waals surface area contributed by atoms with E-state index in [-0.39, 0.29) is 0 Å². The maximum atomic E-state index is 5.32. The Bertz CT molecular complexity index is 358. The summed E-state index contributed by atoms with van der Waals surface area (Å²) in [6.07, 6.45) is 8.10. The van der Waals surface area contributed by atoms with Crippen molar-refractivity contribution < 1.29 is 0 Å². The van der Waals surface area contributed by atoms with Gasteiger partial charge >= 0.3 is 0 Å². The predicted octanol–water partition coefficient (Wildman–Crippen LogP) is 1.93. The lowest BCUT2D eigenvalue weighted by Crippen LogP contribution is -2.15. The Labute approximate surface area is 88.8 Å². The van der Waals surface area contributed by atoms with Gasteiger partial charge in [-0.2, -0.15) is 0 Å². The molecule has 0 atom stereocenters. The number of hydrogen-bond acceptors (Lipinski definition) is 3. The van der Waals surface area contributed by atoms with E-state index in [1.807, 2.05) is 6.92 Å². The van der Waals surface area contributed by atoms with Gasteiger partial charge in [0.1, 0.15) is 10.7 Å². The molecule has 0 amide bonds.